The van der Waals surface area contributed by atoms with Gasteiger partial charge in [-0.2, -0.15) is 0 Å². The second-order valence-electron chi connectivity index (χ2n) is 4.53. The van der Waals surface area contributed by atoms with Crippen molar-refractivity contribution in [3.63, 3.8) is 0 Å². The molecule has 108 valence electrons. The smallest absolute Gasteiger partial charge is 0.269 e. The van der Waals surface area contributed by atoms with E-state index >= 15 is 0 Å². The molecule has 0 aliphatic rings. The summed E-state index contributed by atoms with van der Waals surface area (Å²) >= 11 is 0. The van der Waals surface area contributed by atoms with Gasteiger partial charge in [0.15, 0.2) is 6.29 Å². The van der Waals surface area contributed by atoms with Crippen molar-refractivity contribution in [1.82, 2.24) is 15.0 Å². The van der Waals surface area contributed by atoms with Crippen LogP contribution in [0.1, 0.15) is 5.56 Å². The molecule has 1 heterocycles. The van der Waals surface area contributed by atoms with Gasteiger partial charge in [-0.25, -0.2) is 4.68 Å². The Hall–Kier alpha value is -3.35. The average molecular weight is 294 g/mol. The first kappa shape index (κ1) is 13.6. The molecule has 3 aromatic rings. The molecule has 3 rings (SSSR count). The van der Waals surface area contributed by atoms with Gasteiger partial charge in [-0.15, -0.1) is 5.10 Å². The first-order valence-corrected chi connectivity index (χ1v) is 6.41. The Labute approximate surface area is 124 Å². The second-order valence-corrected chi connectivity index (χ2v) is 4.53. The second kappa shape index (κ2) is 5.57. The summed E-state index contributed by atoms with van der Waals surface area (Å²) in [6, 6.07) is 13.2. The SMILES string of the molecule is O=C/C(=C/c1ccc([N+](=O)[O-])cc1)n1nnc2ccccc21. The van der Waals surface area contributed by atoms with Crippen LogP contribution >= 0.6 is 0 Å². The normalized spacial score (nSPS) is 11.5. The zero-order valence-electron chi connectivity index (χ0n) is 11.3. The lowest BCUT2D eigenvalue weighted by atomic mass is 10.2. The molecule has 0 spiro atoms. The molecule has 0 radical (unpaired) electrons. The molecule has 0 aliphatic carbocycles. The highest BCUT2D eigenvalue weighted by atomic mass is 16.6. The molecule has 22 heavy (non-hydrogen) atoms. The molecule has 1 aromatic heterocycles. The van der Waals surface area contributed by atoms with Crippen LogP contribution in [0.15, 0.2) is 48.5 Å². The minimum Gasteiger partial charge on any atom is -0.296 e. The van der Waals surface area contributed by atoms with E-state index < -0.39 is 4.92 Å². The van der Waals surface area contributed by atoms with Crippen LogP contribution in [0.5, 0.6) is 0 Å². The zero-order chi connectivity index (χ0) is 15.5. The van der Waals surface area contributed by atoms with E-state index in [4.69, 9.17) is 0 Å². The number of hydrogen-bond acceptors (Lipinski definition) is 5. The van der Waals surface area contributed by atoms with Crippen LogP contribution < -0.4 is 0 Å². The van der Waals surface area contributed by atoms with Crippen LogP contribution in [-0.4, -0.2) is 26.2 Å². The number of aromatic nitrogens is 3. The fourth-order valence-electron chi connectivity index (χ4n) is 2.07. The highest BCUT2D eigenvalue weighted by molar-refractivity contribution is 6.07. The first-order valence-electron chi connectivity index (χ1n) is 6.41. The van der Waals surface area contributed by atoms with Gasteiger partial charge in [0.25, 0.3) is 5.69 Å². The first-order chi connectivity index (χ1) is 10.7. The monoisotopic (exact) mass is 294 g/mol. The molecule has 0 saturated carbocycles. The summed E-state index contributed by atoms with van der Waals surface area (Å²) in [5.74, 6) is 0. The number of hydrogen-bond donors (Lipinski definition) is 0. The number of nitro benzene ring substituents is 1. The number of allylic oxidation sites excluding steroid dienone is 1. The van der Waals surface area contributed by atoms with Crippen LogP contribution in [0.25, 0.3) is 22.8 Å². The fourth-order valence-corrected chi connectivity index (χ4v) is 2.07. The number of para-hydroxylation sites is 1. The van der Waals surface area contributed by atoms with Gasteiger partial charge < -0.3 is 0 Å². The minimum atomic E-state index is -0.473. The van der Waals surface area contributed by atoms with E-state index in [0.29, 0.717) is 28.6 Å². The van der Waals surface area contributed by atoms with Crippen molar-refractivity contribution < 1.29 is 9.72 Å². The lowest BCUT2D eigenvalue weighted by molar-refractivity contribution is -0.384. The van der Waals surface area contributed by atoms with Gasteiger partial charge in [-0.3, -0.25) is 14.9 Å². The standard InChI is InChI=1S/C15H10N4O3/c20-10-13(9-11-5-7-12(8-6-11)19(21)22)18-15-4-2-1-3-14(15)16-17-18/h1-10H/b13-9-. The predicted octanol–water partition coefficient (Wildman–Crippen LogP) is 2.54. The van der Waals surface area contributed by atoms with Crippen LogP contribution in [0.4, 0.5) is 5.69 Å². The van der Waals surface area contributed by atoms with Gasteiger partial charge >= 0.3 is 0 Å². The van der Waals surface area contributed by atoms with Gasteiger partial charge in [0.2, 0.25) is 0 Å². The molecule has 0 saturated heterocycles. The van der Waals surface area contributed by atoms with E-state index in [9.17, 15) is 14.9 Å². The third-order valence-corrected chi connectivity index (χ3v) is 3.14. The summed E-state index contributed by atoms with van der Waals surface area (Å²) in [5, 5.41) is 18.6. The van der Waals surface area contributed by atoms with E-state index in [0.717, 1.165) is 0 Å². The van der Waals surface area contributed by atoms with Crippen LogP contribution in [-0.2, 0) is 4.79 Å². The van der Waals surface area contributed by atoms with E-state index in [-0.39, 0.29) is 5.69 Å². The highest BCUT2D eigenvalue weighted by Gasteiger charge is 2.08. The molecular weight excluding hydrogens is 284 g/mol. The van der Waals surface area contributed by atoms with E-state index in [1.807, 2.05) is 18.2 Å². The number of aldehydes is 1. The van der Waals surface area contributed by atoms with Crippen molar-refractivity contribution in [3.8, 4) is 0 Å². The van der Waals surface area contributed by atoms with Crippen molar-refractivity contribution in [3.05, 3.63) is 64.2 Å². The number of nitro groups is 1. The quantitative estimate of drug-likeness (QED) is 0.319. The molecule has 0 unspecified atom stereocenters. The molecule has 7 nitrogen and oxygen atoms in total. The van der Waals surface area contributed by atoms with Gasteiger partial charge in [0.05, 0.1) is 10.4 Å². The van der Waals surface area contributed by atoms with Gasteiger partial charge in [-0.05, 0) is 35.9 Å². The van der Waals surface area contributed by atoms with Crippen LogP contribution in [0.2, 0.25) is 0 Å². The largest absolute Gasteiger partial charge is 0.296 e. The maximum atomic E-state index is 11.4. The summed E-state index contributed by atoms with van der Waals surface area (Å²) in [4.78, 5) is 21.5. The van der Waals surface area contributed by atoms with Gasteiger partial charge in [0, 0.05) is 12.1 Å². The maximum Gasteiger partial charge on any atom is 0.269 e. The molecule has 2 aromatic carbocycles. The third-order valence-electron chi connectivity index (χ3n) is 3.14. The molecule has 0 atom stereocenters. The summed E-state index contributed by atoms with van der Waals surface area (Å²) in [6.07, 6.45) is 2.26. The Kier molecular flexibility index (Phi) is 3.45. The Morgan fingerprint density at radius 3 is 2.55 bits per heavy atom. The van der Waals surface area contributed by atoms with E-state index in [2.05, 4.69) is 10.3 Å². The zero-order valence-corrected chi connectivity index (χ0v) is 11.3. The Balaban J connectivity index is 2.03. The molecule has 0 N–H and O–H groups in total. The molecule has 0 bridgehead atoms. The van der Waals surface area contributed by atoms with Crippen LogP contribution in [0, 0.1) is 10.1 Å². The van der Waals surface area contributed by atoms with Crippen molar-refractivity contribution in [1.29, 1.82) is 0 Å². The Morgan fingerprint density at radius 2 is 1.86 bits per heavy atom. The number of carbonyl (C=O) groups excluding carboxylic acids is 1. The fraction of sp³-hybridized carbons (Fsp3) is 0. The van der Waals surface area contributed by atoms with Crippen molar-refractivity contribution >= 4 is 34.8 Å². The molecule has 0 amide bonds. The van der Waals surface area contributed by atoms with Gasteiger partial charge in [0.1, 0.15) is 11.2 Å². The Bertz CT molecular complexity index is 881. The highest BCUT2D eigenvalue weighted by Crippen LogP contribution is 2.18. The van der Waals surface area contributed by atoms with Crippen LogP contribution in [0.3, 0.4) is 0 Å². The molecule has 7 heteroatoms. The molecular formula is C15H10N4O3. The summed E-state index contributed by atoms with van der Waals surface area (Å²) in [6.45, 7) is 0. The maximum absolute atomic E-state index is 11.4. The summed E-state index contributed by atoms with van der Waals surface area (Å²) in [7, 11) is 0. The number of fused-ring (bicyclic) bond motifs is 1. The number of carbonyl (C=O) groups is 1. The predicted molar refractivity (Wildman–Crippen MR) is 80.9 cm³/mol. The number of rotatable bonds is 4. The van der Waals surface area contributed by atoms with Crippen molar-refractivity contribution in [2.75, 3.05) is 0 Å². The van der Waals surface area contributed by atoms with E-state index in [1.165, 1.54) is 16.8 Å². The summed E-state index contributed by atoms with van der Waals surface area (Å²) < 4.78 is 1.43. The van der Waals surface area contributed by atoms with E-state index in [1.54, 1.807) is 24.3 Å². The van der Waals surface area contributed by atoms with Crippen molar-refractivity contribution in [2.24, 2.45) is 0 Å². The summed E-state index contributed by atoms with van der Waals surface area (Å²) in [5.41, 5.74) is 2.34. The lowest BCUT2D eigenvalue weighted by Gasteiger charge is -2.01. The molecule has 0 fully saturated rings. The topological polar surface area (TPSA) is 90.9 Å². The van der Waals surface area contributed by atoms with Gasteiger partial charge in [-0.1, -0.05) is 17.3 Å². The number of nitrogens with zero attached hydrogens (tertiary/aromatic N) is 4. The Morgan fingerprint density at radius 1 is 1.14 bits per heavy atom. The minimum absolute atomic E-state index is 0.00370. The number of benzene rings is 2. The van der Waals surface area contributed by atoms with Crippen molar-refractivity contribution in [2.45, 2.75) is 0 Å². The lowest BCUT2D eigenvalue weighted by Crippen LogP contribution is -2.00. The third kappa shape index (κ3) is 2.47. The molecule has 0 aliphatic heterocycles. The average Bonchev–Trinajstić information content (AvgIpc) is 2.97. The number of non-ortho nitro benzene ring substituents is 1.